The average Bonchev–Trinajstić information content (AvgIpc) is 2.97. The van der Waals surface area contributed by atoms with Crippen LogP contribution in [-0.4, -0.2) is 15.5 Å². The number of hydrogen-bond donors (Lipinski definition) is 1. The molecule has 1 atom stereocenters. The third kappa shape index (κ3) is 4.48. The molecule has 0 radical (unpaired) electrons. The number of carbonyl (C=O) groups is 1. The highest BCUT2D eigenvalue weighted by Gasteiger charge is 2.20. The predicted molar refractivity (Wildman–Crippen MR) is 106 cm³/mol. The van der Waals surface area contributed by atoms with Gasteiger partial charge in [-0.1, -0.05) is 36.7 Å². The second kappa shape index (κ2) is 8.53. The highest BCUT2D eigenvalue weighted by Crippen LogP contribution is 2.30. The highest BCUT2D eigenvalue weighted by molar-refractivity contribution is 6.35. The van der Waals surface area contributed by atoms with Gasteiger partial charge in [0.15, 0.2) is 0 Å². The number of rotatable bonds is 8. The Morgan fingerprint density at radius 1 is 1.30 bits per heavy atom. The van der Waals surface area contributed by atoms with Gasteiger partial charge in [-0.15, -0.1) is 0 Å². The maximum atomic E-state index is 13.8. The number of carbonyl (C=O) groups excluding carboxylic acids is 1. The molecule has 142 valence electrons. The molecule has 0 aliphatic rings. The zero-order valence-corrected chi connectivity index (χ0v) is 16.0. The molecular weight excluding hydrogens is 365 g/mol. The predicted octanol–water partition coefficient (Wildman–Crippen LogP) is 4.83. The van der Waals surface area contributed by atoms with Crippen molar-refractivity contribution in [1.82, 2.24) is 9.55 Å². The van der Waals surface area contributed by atoms with E-state index in [-0.39, 0.29) is 24.1 Å². The summed E-state index contributed by atoms with van der Waals surface area (Å²) in [5.41, 5.74) is 7.96. The van der Waals surface area contributed by atoms with E-state index in [4.69, 9.17) is 22.3 Å². The molecule has 0 aliphatic carbocycles. The van der Waals surface area contributed by atoms with E-state index in [1.807, 2.05) is 24.3 Å². The van der Waals surface area contributed by atoms with Crippen LogP contribution in [0.2, 0.25) is 5.02 Å². The van der Waals surface area contributed by atoms with Gasteiger partial charge in [0, 0.05) is 19.4 Å². The molecule has 0 spiro atoms. The minimum absolute atomic E-state index is 0.0561. The molecule has 1 heterocycles. The fourth-order valence-corrected chi connectivity index (χ4v) is 3.77. The van der Waals surface area contributed by atoms with Crippen LogP contribution in [0.25, 0.3) is 11.0 Å². The van der Waals surface area contributed by atoms with Crippen molar-refractivity contribution >= 4 is 28.5 Å². The molecule has 3 rings (SSSR count). The standard InChI is InChI=1S/C21H23ClFN3O/c1-2-11-26-20(25-18-8-4-7-17(22)21(18)26)13-15(9-10-19(24)27)14-5-3-6-16(23)12-14/h3-8,12,15H,2,9-11,13H2,1H3,(H2,24,27). The summed E-state index contributed by atoms with van der Waals surface area (Å²) in [5.74, 6) is 0.182. The van der Waals surface area contributed by atoms with Crippen LogP contribution in [0.1, 0.15) is 43.5 Å². The van der Waals surface area contributed by atoms with E-state index < -0.39 is 0 Å². The molecule has 3 aromatic rings. The van der Waals surface area contributed by atoms with Gasteiger partial charge in [0.1, 0.15) is 11.6 Å². The van der Waals surface area contributed by atoms with Crippen LogP contribution in [0.15, 0.2) is 42.5 Å². The molecular formula is C21H23ClFN3O. The summed E-state index contributed by atoms with van der Waals surface area (Å²) >= 11 is 6.42. The Balaban J connectivity index is 2.01. The first-order valence-corrected chi connectivity index (χ1v) is 9.54. The van der Waals surface area contributed by atoms with Crippen LogP contribution in [0.5, 0.6) is 0 Å². The fraction of sp³-hybridized carbons (Fsp3) is 0.333. The lowest BCUT2D eigenvalue weighted by Gasteiger charge is -2.18. The molecule has 1 aromatic heterocycles. The van der Waals surface area contributed by atoms with Gasteiger partial charge in [0.25, 0.3) is 0 Å². The third-order valence-electron chi connectivity index (χ3n) is 4.73. The van der Waals surface area contributed by atoms with Crippen molar-refractivity contribution in [3.63, 3.8) is 0 Å². The van der Waals surface area contributed by atoms with E-state index in [9.17, 15) is 9.18 Å². The third-order valence-corrected chi connectivity index (χ3v) is 5.04. The van der Waals surface area contributed by atoms with Gasteiger partial charge in [-0.3, -0.25) is 4.79 Å². The lowest BCUT2D eigenvalue weighted by molar-refractivity contribution is -0.118. The van der Waals surface area contributed by atoms with Crippen LogP contribution in [-0.2, 0) is 17.8 Å². The van der Waals surface area contributed by atoms with Gasteiger partial charge in [0.05, 0.1) is 16.1 Å². The summed E-state index contributed by atoms with van der Waals surface area (Å²) in [6.45, 7) is 2.89. The number of hydrogen-bond acceptors (Lipinski definition) is 2. The molecule has 0 saturated carbocycles. The van der Waals surface area contributed by atoms with Crippen molar-refractivity contribution in [1.29, 1.82) is 0 Å². The van der Waals surface area contributed by atoms with E-state index in [1.165, 1.54) is 12.1 Å². The molecule has 0 fully saturated rings. The van der Waals surface area contributed by atoms with Crippen LogP contribution in [0.3, 0.4) is 0 Å². The number of amides is 1. The Kier molecular flexibility index (Phi) is 6.11. The van der Waals surface area contributed by atoms with E-state index in [0.717, 1.165) is 35.4 Å². The van der Waals surface area contributed by atoms with Crippen molar-refractivity contribution in [2.24, 2.45) is 5.73 Å². The monoisotopic (exact) mass is 387 g/mol. The van der Waals surface area contributed by atoms with Crippen LogP contribution in [0.4, 0.5) is 4.39 Å². The van der Waals surface area contributed by atoms with Crippen LogP contribution in [0, 0.1) is 5.82 Å². The molecule has 4 nitrogen and oxygen atoms in total. The van der Waals surface area contributed by atoms with Gasteiger partial charge in [-0.05, 0) is 48.6 Å². The maximum absolute atomic E-state index is 13.8. The largest absolute Gasteiger partial charge is 0.370 e. The Labute approximate surface area is 163 Å². The molecule has 0 saturated heterocycles. The summed E-state index contributed by atoms with van der Waals surface area (Å²) in [7, 11) is 0. The minimum Gasteiger partial charge on any atom is -0.370 e. The lowest BCUT2D eigenvalue weighted by atomic mass is 9.90. The van der Waals surface area contributed by atoms with Crippen LogP contribution < -0.4 is 5.73 Å². The Bertz CT molecular complexity index is 954. The second-order valence-electron chi connectivity index (χ2n) is 6.75. The highest BCUT2D eigenvalue weighted by atomic mass is 35.5. The molecule has 2 N–H and O–H groups in total. The Morgan fingerprint density at radius 3 is 2.78 bits per heavy atom. The van der Waals surface area contributed by atoms with Gasteiger partial charge < -0.3 is 10.3 Å². The Morgan fingerprint density at radius 2 is 2.07 bits per heavy atom. The number of aromatic nitrogens is 2. The summed E-state index contributed by atoms with van der Waals surface area (Å²) < 4.78 is 15.9. The number of benzene rings is 2. The minimum atomic E-state index is -0.360. The maximum Gasteiger partial charge on any atom is 0.217 e. The van der Waals surface area contributed by atoms with Crippen molar-refractivity contribution in [3.8, 4) is 0 Å². The lowest BCUT2D eigenvalue weighted by Crippen LogP contribution is -2.15. The first-order valence-electron chi connectivity index (χ1n) is 9.17. The summed E-state index contributed by atoms with van der Waals surface area (Å²) in [4.78, 5) is 16.1. The zero-order chi connectivity index (χ0) is 19.4. The quantitative estimate of drug-likeness (QED) is 0.601. The number of halogens is 2. The summed E-state index contributed by atoms with van der Waals surface area (Å²) in [6, 6.07) is 12.2. The smallest absolute Gasteiger partial charge is 0.217 e. The normalized spacial score (nSPS) is 12.4. The van der Waals surface area contributed by atoms with Crippen LogP contribution >= 0.6 is 11.6 Å². The Hall–Kier alpha value is -2.40. The molecule has 6 heteroatoms. The molecule has 1 amide bonds. The molecule has 0 bridgehead atoms. The second-order valence-corrected chi connectivity index (χ2v) is 7.16. The molecule has 2 aromatic carbocycles. The summed E-state index contributed by atoms with van der Waals surface area (Å²) in [6.07, 6.45) is 2.31. The van der Waals surface area contributed by atoms with Gasteiger partial charge in [-0.25, -0.2) is 9.37 Å². The average molecular weight is 388 g/mol. The SMILES string of the molecule is CCCn1c(CC(CCC(N)=O)c2cccc(F)c2)nc2cccc(Cl)c21. The first-order chi connectivity index (χ1) is 13.0. The molecule has 0 aliphatic heterocycles. The number of fused-ring (bicyclic) bond motifs is 1. The van der Waals surface area contributed by atoms with Gasteiger partial charge >= 0.3 is 0 Å². The molecule has 1 unspecified atom stereocenters. The van der Waals surface area contributed by atoms with Crippen molar-refractivity contribution < 1.29 is 9.18 Å². The van der Waals surface area contributed by atoms with Gasteiger partial charge in [-0.2, -0.15) is 0 Å². The van der Waals surface area contributed by atoms with E-state index in [1.54, 1.807) is 6.07 Å². The first kappa shape index (κ1) is 19.4. The topological polar surface area (TPSA) is 60.9 Å². The van der Waals surface area contributed by atoms with Crippen molar-refractivity contribution in [2.45, 2.75) is 45.1 Å². The fourth-order valence-electron chi connectivity index (χ4n) is 3.49. The number of aryl methyl sites for hydroxylation is 1. The number of para-hydroxylation sites is 1. The number of nitrogens with two attached hydrogens (primary N) is 1. The van der Waals surface area contributed by atoms with Crippen molar-refractivity contribution in [2.75, 3.05) is 0 Å². The summed E-state index contributed by atoms with van der Waals surface area (Å²) in [5, 5.41) is 0.666. The van der Waals surface area contributed by atoms with Gasteiger partial charge in [0.2, 0.25) is 5.91 Å². The van der Waals surface area contributed by atoms with E-state index >= 15 is 0 Å². The number of primary amides is 1. The number of nitrogens with zero attached hydrogens (tertiary/aromatic N) is 2. The van der Waals surface area contributed by atoms with Crippen molar-refractivity contribution in [3.05, 3.63) is 64.7 Å². The van der Waals surface area contributed by atoms with E-state index in [0.29, 0.717) is 17.9 Å². The number of imidazole rings is 1. The van der Waals surface area contributed by atoms with E-state index in [2.05, 4.69) is 11.5 Å². The zero-order valence-electron chi connectivity index (χ0n) is 15.3. The molecule has 27 heavy (non-hydrogen) atoms.